The molecule has 7 nitrogen and oxygen atoms in total. The van der Waals surface area contributed by atoms with Crippen LogP contribution in [-0.2, 0) is 11.3 Å². The second-order valence-corrected chi connectivity index (χ2v) is 5.57. The van der Waals surface area contributed by atoms with Crippen LogP contribution in [0.25, 0.3) is 0 Å². The van der Waals surface area contributed by atoms with E-state index >= 15 is 0 Å². The molecule has 0 unspecified atom stereocenters. The highest BCUT2D eigenvalue weighted by molar-refractivity contribution is 5.83. The van der Waals surface area contributed by atoms with E-state index in [-0.39, 0.29) is 5.91 Å². The lowest BCUT2D eigenvalue weighted by Gasteiger charge is -2.17. The Hall–Kier alpha value is -3.09. The summed E-state index contributed by atoms with van der Waals surface area (Å²) in [5.74, 6) is -0.173. The molecule has 0 saturated heterocycles. The molecule has 0 fully saturated rings. The Morgan fingerprint density at radius 2 is 2.04 bits per heavy atom. The van der Waals surface area contributed by atoms with Crippen LogP contribution < -0.4 is 5.32 Å². The quantitative estimate of drug-likeness (QED) is 0.771. The third-order valence-electron chi connectivity index (χ3n) is 3.80. The molecule has 7 heteroatoms. The fraction of sp³-hybridized carbons (Fsp3) is 0.235. The highest BCUT2D eigenvalue weighted by Gasteiger charge is 2.23. The van der Waals surface area contributed by atoms with Gasteiger partial charge >= 0.3 is 0 Å². The smallest absolute Gasteiger partial charge is 0.249 e. The monoisotopic (exact) mass is 322 g/mol. The highest BCUT2D eigenvalue weighted by atomic mass is 16.2. The van der Waals surface area contributed by atoms with E-state index in [1.807, 2.05) is 50.2 Å². The van der Waals surface area contributed by atoms with Crippen LogP contribution >= 0.6 is 0 Å². The number of nitrogens with zero attached hydrogens (tertiary/aromatic N) is 5. The summed E-state index contributed by atoms with van der Waals surface area (Å²) in [5, 5.41) is 14.1. The first kappa shape index (κ1) is 15.8. The zero-order valence-electron chi connectivity index (χ0n) is 13.5. The minimum atomic E-state index is -0.611. The van der Waals surface area contributed by atoms with Gasteiger partial charge in [-0.05, 0) is 47.0 Å². The highest BCUT2D eigenvalue weighted by Crippen LogP contribution is 2.17. The SMILES string of the molecule is Cc1cc(C)c(CNC(=O)[C@H](c2ccccc2)n2cnnn2)cn1. The molecule has 2 heterocycles. The van der Waals surface area contributed by atoms with Gasteiger partial charge < -0.3 is 5.32 Å². The topological polar surface area (TPSA) is 85.6 Å². The van der Waals surface area contributed by atoms with Crippen molar-refractivity contribution in [3.05, 3.63) is 71.3 Å². The molecular weight excluding hydrogens is 304 g/mol. The molecule has 0 radical (unpaired) electrons. The largest absolute Gasteiger partial charge is 0.350 e. The maximum Gasteiger partial charge on any atom is 0.249 e. The second-order valence-electron chi connectivity index (χ2n) is 5.57. The standard InChI is InChI=1S/C17H18N6O/c1-12-8-13(2)18-9-15(12)10-19-17(24)16(23-11-20-21-22-23)14-6-4-3-5-7-14/h3-9,11,16H,10H2,1-2H3,(H,19,24)/t16-/m0/s1. The maximum atomic E-state index is 12.7. The van der Waals surface area contributed by atoms with Crippen molar-refractivity contribution in [2.75, 3.05) is 0 Å². The van der Waals surface area contributed by atoms with E-state index in [0.717, 1.165) is 22.4 Å². The number of aromatic nitrogens is 5. The Balaban J connectivity index is 1.79. The number of nitrogens with one attached hydrogen (secondary N) is 1. The lowest BCUT2D eigenvalue weighted by Crippen LogP contribution is -2.33. The Labute approximate surface area is 139 Å². The number of tetrazole rings is 1. The molecule has 2 aromatic heterocycles. The molecule has 1 amide bonds. The van der Waals surface area contributed by atoms with Gasteiger partial charge in [-0.2, -0.15) is 0 Å². The van der Waals surface area contributed by atoms with Crippen molar-refractivity contribution in [2.24, 2.45) is 0 Å². The third-order valence-corrected chi connectivity index (χ3v) is 3.80. The van der Waals surface area contributed by atoms with E-state index in [1.54, 1.807) is 6.20 Å². The van der Waals surface area contributed by atoms with Gasteiger partial charge in [0, 0.05) is 18.4 Å². The van der Waals surface area contributed by atoms with E-state index in [9.17, 15) is 4.79 Å². The van der Waals surface area contributed by atoms with Gasteiger partial charge in [0.2, 0.25) is 5.91 Å². The summed E-state index contributed by atoms with van der Waals surface area (Å²) >= 11 is 0. The molecule has 122 valence electrons. The zero-order chi connectivity index (χ0) is 16.9. The molecule has 1 atom stereocenters. The Bertz CT molecular complexity index is 816. The van der Waals surface area contributed by atoms with E-state index in [1.165, 1.54) is 11.0 Å². The Morgan fingerprint density at radius 1 is 1.25 bits per heavy atom. The minimum absolute atomic E-state index is 0.173. The molecule has 0 saturated carbocycles. The number of benzene rings is 1. The molecule has 0 aliphatic rings. The van der Waals surface area contributed by atoms with Crippen LogP contribution in [0.15, 0.2) is 48.9 Å². The Kier molecular flexibility index (Phi) is 4.60. The summed E-state index contributed by atoms with van der Waals surface area (Å²) < 4.78 is 1.45. The number of hydrogen-bond donors (Lipinski definition) is 1. The van der Waals surface area contributed by atoms with Crippen LogP contribution in [-0.4, -0.2) is 31.1 Å². The summed E-state index contributed by atoms with van der Waals surface area (Å²) in [5.41, 5.74) is 3.86. The lowest BCUT2D eigenvalue weighted by atomic mass is 10.1. The van der Waals surface area contributed by atoms with Crippen LogP contribution in [0.1, 0.15) is 28.4 Å². The first-order valence-corrected chi connectivity index (χ1v) is 7.62. The molecule has 1 N–H and O–H groups in total. The van der Waals surface area contributed by atoms with E-state index in [0.29, 0.717) is 6.54 Å². The van der Waals surface area contributed by atoms with Crippen molar-refractivity contribution in [1.82, 2.24) is 30.5 Å². The van der Waals surface area contributed by atoms with Crippen LogP contribution in [0.4, 0.5) is 0 Å². The van der Waals surface area contributed by atoms with Gasteiger partial charge in [0.1, 0.15) is 6.33 Å². The summed E-state index contributed by atoms with van der Waals surface area (Å²) in [6, 6.07) is 10.8. The number of carbonyl (C=O) groups is 1. The number of amides is 1. The molecular formula is C17H18N6O. The molecule has 24 heavy (non-hydrogen) atoms. The van der Waals surface area contributed by atoms with Crippen molar-refractivity contribution in [1.29, 1.82) is 0 Å². The van der Waals surface area contributed by atoms with Gasteiger partial charge in [-0.25, -0.2) is 4.68 Å². The molecule has 0 bridgehead atoms. The average molecular weight is 322 g/mol. The second kappa shape index (κ2) is 6.99. The molecule has 3 aromatic rings. The van der Waals surface area contributed by atoms with Gasteiger partial charge in [-0.15, -0.1) is 5.10 Å². The summed E-state index contributed by atoms with van der Waals surface area (Å²) in [4.78, 5) is 17.0. The first-order valence-electron chi connectivity index (χ1n) is 7.62. The van der Waals surface area contributed by atoms with Gasteiger partial charge in [-0.1, -0.05) is 30.3 Å². The van der Waals surface area contributed by atoms with E-state index < -0.39 is 6.04 Å². The fourth-order valence-electron chi connectivity index (χ4n) is 2.54. The lowest BCUT2D eigenvalue weighted by molar-refractivity contribution is -0.123. The summed E-state index contributed by atoms with van der Waals surface area (Å²) in [6.45, 7) is 4.36. The van der Waals surface area contributed by atoms with Crippen molar-refractivity contribution in [3.8, 4) is 0 Å². The summed E-state index contributed by atoms with van der Waals surface area (Å²) in [7, 11) is 0. The van der Waals surface area contributed by atoms with Gasteiger partial charge in [0.25, 0.3) is 0 Å². The molecule has 3 rings (SSSR count). The molecule has 0 aliphatic heterocycles. The summed E-state index contributed by atoms with van der Waals surface area (Å²) in [6.07, 6.45) is 3.23. The zero-order valence-corrected chi connectivity index (χ0v) is 13.5. The van der Waals surface area contributed by atoms with Crippen molar-refractivity contribution in [2.45, 2.75) is 26.4 Å². The maximum absolute atomic E-state index is 12.7. The van der Waals surface area contributed by atoms with Gasteiger partial charge in [0.15, 0.2) is 6.04 Å². The number of aryl methyl sites for hydroxylation is 2. The minimum Gasteiger partial charge on any atom is -0.350 e. The number of pyridine rings is 1. The predicted molar refractivity (Wildman–Crippen MR) is 88.0 cm³/mol. The van der Waals surface area contributed by atoms with E-state index in [2.05, 4.69) is 25.8 Å². The van der Waals surface area contributed by atoms with Crippen LogP contribution in [0.5, 0.6) is 0 Å². The normalized spacial score (nSPS) is 11.9. The van der Waals surface area contributed by atoms with Gasteiger partial charge in [-0.3, -0.25) is 9.78 Å². The molecule has 1 aromatic carbocycles. The average Bonchev–Trinajstić information content (AvgIpc) is 3.09. The number of carbonyl (C=O) groups excluding carboxylic acids is 1. The van der Waals surface area contributed by atoms with Crippen LogP contribution in [0.2, 0.25) is 0 Å². The van der Waals surface area contributed by atoms with Crippen molar-refractivity contribution in [3.63, 3.8) is 0 Å². The molecule has 0 spiro atoms. The fourth-order valence-corrected chi connectivity index (χ4v) is 2.54. The number of rotatable bonds is 5. The van der Waals surface area contributed by atoms with Crippen molar-refractivity contribution < 1.29 is 4.79 Å². The van der Waals surface area contributed by atoms with Gasteiger partial charge in [0.05, 0.1) is 0 Å². The number of hydrogen-bond acceptors (Lipinski definition) is 5. The van der Waals surface area contributed by atoms with Crippen LogP contribution in [0, 0.1) is 13.8 Å². The Morgan fingerprint density at radius 3 is 2.71 bits per heavy atom. The predicted octanol–water partition coefficient (Wildman–Crippen LogP) is 1.59. The molecule has 0 aliphatic carbocycles. The third kappa shape index (κ3) is 3.45. The van der Waals surface area contributed by atoms with Crippen LogP contribution in [0.3, 0.4) is 0 Å². The van der Waals surface area contributed by atoms with E-state index in [4.69, 9.17) is 0 Å². The first-order chi connectivity index (χ1) is 11.6. The van der Waals surface area contributed by atoms with Crippen molar-refractivity contribution >= 4 is 5.91 Å².